The molecule has 0 saturated heterocycles. The monoisotopic (exact) mass is 269 g/mol. The van der Waals surface area contributed by atoms with Crippen LogP contribution in [0, 0.1) is 11.8 Å². The lowest BCUT2D eigenvalue weighted by Gasteiger charge is -2.38. The van der Waals surface area contributed by atoms with Gasteiger partial charge in [-0.05, 0) is 51.0 Å². The van der Waals surface area contributed by atoms with Crippen LogP contribution in [0.2, 0.25) is 0 Å². The van der Waals surface area contributed by atoms with Crippen molar-refractivity contribution in [2.75, 3.05) is 13.7 Å². The van der Waals surface area contributed by atoms with E-state index in [1.54, 1.807) is 0 Å². The third-order valence-electron chi connectivity index (χ3n) is 4.95. The van der Waals surface area contributed by atoms with Crippen molar-refractivity contribution in [2.24, 2.45) is 11.8 Å². The summed E-state index contributed by atoms with van der Waals surface area (Å²) in [4.78, 5) is 0. The fourth-order valence-electron chi connectivity index (χ4n) is 3.60. The Balaban J connectivity index is 2.54. The number of methoxy groups -OCH3 is 1. The maximum absolute atomic E-state index is 5.42. The van der Waals surface area contributed by atoms with E-state index in [1.807, 2.05) is 7.11 Å². The number of hydrogen-bond acceptors (Lipinski definition) is 2. The lowest BCUT2D eigenvalue weighted by Crippen LogP contribution is -2.42. The zero-order chi connectivity index (χ0) is 14.1. The number of ether oxygens (including phenoxy) is 1. The zero-order valence-electron chi connectivity index (χ0n) is 13.6. The van der Waals surface area contributed by atoms with Crippen molar-refractivity contribution in [3.63, 3.8) is 0 Å². The summed E-state index contributed by atoms with van der Waals surface area (Å²) in [6.07, 6.45) is 11.2. The van der Waals surface area contributed by atoms with E-state index in [0.717, 1.165) is 11.8 Å². The van der Waals surface area contributed by atoms with Crippen LogP contribution in [-0.2, 0) is 4.74 Å². The van der Waals surface area contributed by atoms with E-state index < -0.39 is 0 Å². The molecule has 0 aromatic carbocycles. The molecule has 1 saturated carbocycles. The van der Waals surface area contributed by atoms with Crippen LogP contribution in [0.3, 0.4) is 0 Å². The Kier molecular flexibility index (Phi) is 8.72. The van der Waals surface area contributed by atoms with Gasteiger partial charge in [0.2, 0.25) is 0 Å². The van der Waals surface area contributed by atoms with Crippen molar-refractivity contribution in [1.29, 1.82) is 0 Å². The van der Waals surface area contributed by atoms with E-state index in [0.29, 0.717) is 12.1 Å². The van der Waals surface area contributed by atoms with Crippen LogP contribution >= 0.6 is 0 Å². The molecule has 2 heteroatoms. The van der Waals surface area contributed by atoms with Crippen molar-refractivity contribution in [2.45, 2.75) is 84.3 Å². The van der Waals surface area contributed by atoms with E-state index in [1.165, 1.54) is 57.9 Å². The summed E-state index contributed by atoms with van der Waals surface area (Å²) in [5.74, 6) is 1.84. The van der Waals surface area contributed by atoms with Crippen molar-refractivity contribution in [3.05, 3.63) is 0 Å². The molecule has 0 aromatic rings. The van der Waals surface area contributed by atoms with Gasteiger partial charge in [-0.15, -0.1) is 0 Å². The van der Waals surface area contributed by atoms with Gasteiger partial charge in [0.25, 0.3) is 0 Å². The minimum atomic E-state index is 0.398. The fourth-order valence-corrected chi connectivity index (χ4v) is 3.60. The SMILES string of the molecule is CCCNC(CCC(C)OC)C1CCCCC1CC. The van der Waals surface area contributed by atoms with E-state index in [-0.39, 0.29) is 0 Å². The van der Waals surface area contributed by atoms with E-state index >= 15 is 0 Å². The first-order chi connectivity index (χ1) is 9.22. The van der Waals surface area contributed by atoms with Crippen molar-refractivity contribution < 1.29 is 4.74 Å². The predicted octanol–water partition coefficient (Wildman–Crippen LogP) is 4.39. The van der Waals surface area contributed by atoms with Crippen molar-refractivity contribution >= 4 is 0 Å². The van der Waals surface area contributed by atoms with Crippen LogP contribution in [0.1, 0.15) is 72.1 Å². The predicted molar refractivity (Wildman–Crippen MR) is 83.5 cm³/mol. The maximum Gasteiger partial charge on any atom is 0.0543 e. The molecule has 4 atom stereocenters. The van der Waals surface area contributed by atoms with Crippen LogP contribution in [0.5, 0.6) is 0 Å². The minimum absolute atomic E-state index is 0.398. The van der Waals surface area contributed by atoms with Gasteiger partial charge in [-0.25, -0.2) is 0 Å². The summed E-state index contributed by atoms with van der Waals surface area (Å²) in [6, 6.07) is 0.711. The Morgan fingerprint density at radius 3 is 2.53 bits per heavy atom. The highest BCUT2D eigenvalue weighted by Crippen LogP contribution is 2.35. The molecular weight excluding hydrogens is 234 g/mol. The molecule has 1 N–H and O–H groups in total. The molecule has 0 spiro atoms. The van der Waals surface area contributed by atoms with Crippen LogP contribution in [-0.4, -0.2) is 25.8 Å². The highest BCUT2D eigenvalue weighted by Gasteiger charge is 2.30. The van der Waals surface area contributed by atoms with Crippen molar-refractivity contribution in [3.8, 4) is 0 Å². The molecular formula is C17H35NO. The molecule has 4 unspecified atom stereocenters. The zero-order valence-corrected chi connectivity index (χ0v) is 13.6. The normalized spacial score (nSPS) is 27.2. The second kappa shape index (κ2) is 9.77. The van der Waals surface area contributed by atoms with Crippen LogP contribution < -0.4 is 5.32 Å². The summed E-state index contributed by atoms with van der Waals surface area (Å²) >= 11 is 0. The molecule has 0 aliphatic heterocycles. The lowest BCUT2D eigenvalue weighted by atomic mass is 9.73. The largest absolute Gasteiger partial charge is 0.382 e. The second-order valence-electron chi connectivity index (χ2n) is 6.30. The Morgan fingerprint density at radius 2 is 1.89 bits per heavy atom. The molecule has 0 bridgehead atoms. The first-order valence-corrected chi connectivity index (χ1v) is 8.49. The molecule has 0 aromatic heterocycles. The third kappa shape index (κ3) is 5.83. The average Bonchev–Trinajstić information content (AvgIpc) is 2.47. The first kappa shape index (κ1) is 17.0. The van der Waals surface area contributed by atoms with E-state index in [2.05, 4.69) is 26.1 Å². The minimum Gasteiger partial charge on any atom is -0.382 e. The van der Waals surface area contributed by atoms with Gasteiger partial charge in [0, 0.05) is 13.2 Å². The summed E-state index contributed by atoms with van der Waals surface area (Å²) in [7, 11) is 1.83. The Bertz CT molecular complexity index is 219. The molecule has 1 fully saturated rings. The summed E-state index contributed by atoms with van der Waals surface area (Å²) in [6.45, 7) is 7.99. The molecule has 0 radical (unpaired) electrons. The molecule has 1 rings (SSSR count). The average molecular weight is 269 g/mol. The second-order valence-corrected chi connectivity index (χ2v) is 6.30. The molecule has 1 aliphatic rings. The first-order valence-electron chi connectivity index (χ1n) is 8.49. The van der Waals surface area contributed by atoms with Gasteiger partial charge in [0.1, 0.15) is 0 Å². The molecule has 19 heavy (non-hydrogen) atoms. The Hall–Kier alpha value is -0.0800. The van der Waals surface area contributed by atoms with E-state index in [9.17, 15) is 0 Å². The lowest BCUT2D eigenvalue weighted by molar-refractivity contribution is 0.0951. The molecule has 0 heterocycles. The summed E-state index contributed by atoms with van der Waals surface area (Å²) in [5, 5.41) is 3.83. The van der Waals surface area contributed by atoms with Gasteiger partial charge in [0.05, 0.1) is 6.10 Å². The smallest absolute Gasteiger partial charge is 0.0543 e. The van der Waals surface area contributed by atoms with Gasteiger partial charge in [-0.2, -0.15) is 0 Å². The maximum atomic E-state index is 5.42. The molecule has 1 aliphatic carbocycles. The van der Waals surface area contributed by atoms with Gasteiger partial charge >= 0.3 is 0 Å². The third-order valence-corrected chi connectivity index (χ3v) is 4.95. The van der Waals surface area contributed by atoms with E-state index in [4.69, 9.17) is 4.74 Å². The quantitative estimate of drug-likeness (QED) is 0.670. The molecule has 0 amide bonds. The number of rotatable bonds is 9. The number of hydrogen-bond donors (Lipinski definition) is 1. The van der Waals surface area contributed by atoms with Gasteiger partial charge in [0.15, 0.2) is 0 Å². The number of nitrogens with one attached hydrogen (secondary N) is 1. The Labute approximate surface area is 120 Å². The van der Waals surface area contributed by atoms with Gasteiger partial charge in [-0.3, -0.25) is 0 Å². The van der Waals surface area contributed by atoms with Crippen LogP contribution in [0.15, 0.2) is 0 Å². The highest BCUT2D eigenvalue weighted by atomic mass is 16.5. The summed E-state index contributed by atoms with van der Waals surface area (Å²) in [5.41, 5.74) is 0. The highest BCUT2D eigenvalue weighted by molar-refractivity contribution is 4.85. The Morgan fingerprint density at radius 1 is 1.16 bits per heavy atom. The van der Waals surface area contributed by atoms with Crippen LogP contribution in [0.25, 0.3) is 0 Å². The molecule has 2 nitrogen and oxygen atoms in total. The molecule has 114 valence electrons. The topological polar surface area (TPSA) is 21.3 Å². The van der Waals surface area contributed by atoms with Crippen LogP contribution in [0.4, 0.5) is 0 Å². The summed E-state index contributed by atoms with van der Waals surface area (Å²) < 4.78 is 5.42. The van der Waals surface area contributed by atoms with Gasteiger partial charge in [-0.1, -0.05) is 39.5 Å². The standard InChI is InChI=1S/C17H35NO/c1-5-13-18-17(12-11-14(3)19-4)16-10-8-7-9-15(16)6-2/h14-18H,5-13H2,1-4H3. The van der Waals surface area contributed by atoms with Gasteiger partial charge < -0.3 is 10.1 Å². The fraction of sp³-hybridized carbons (Fsp3) is 1.00. The van der Waals surface area contributed by atoms with Crippen molar-refractivity contribution in [1.82, 2.24) is 5.32 Å².